The van der Waals surface area contributed by atoms with Crippen molar-refractivity contribution >= 4 is 29.1 Å². The summed E-state index contributed by atoms with van der Waals surface area (Å²) in [7, 11) is 0. The number of benzene rings is 2. The van der Waals surface area contributed by atoms with Crippen LogP contribution in [-0.4, -0.2) is 33.1 Å². The average Bonchev–Trinajstić information content (AvgIpc) is 3.29. The Hall–Kier alpha value is -3.97. The number of pyridine rings is 1. The van der Waals surface area contributed by atoms with Gasteiger partial charge in [-0.1, -0.05) is 11.6 Å². The van der Waals surface area contributed by atoms with Crippen molar-refractivity contribution in [2.75, 3.05) is 11.9 Å². The Morgan fingerprint density at radius 3 is 2.27 bits per heavy atom. The van der Waals surface area contributed by atoms with Crippen LogP contribution in [0.15, 0.2) is 85.3 Å². The second kappa shape index (κ2) is 10.6. The van der Waals surface area contributed by atoms with Crippen molar-refractivity contribution < 1.29 is 14.3 Å². The third kappa shape index (κ3) is 6.27. The molecule has 166 valence electrons. The van der Waals surface area contributed by atoms with Gasteiger partial charge in [0.25, 0.3) is 5.91 Å². The fourth-order valence-corrected chi connectivity index (χ4v) is 3.27. The van der Waals surface area contributed by atoms with Crippen molar-refractivity contribution in [3.63, 3.8) is 0 Å². The zero-order valence-electron chi connectivity index (χ0n) is 17.6. The van der Waals surface area contributed by atoms with Crippen molar-refractivity contribution in [1.29, 1.82) is 0 Å². The molecule has 0 aliphatic heterocycles. The molecule has 4 aromatic rings. The first kappa shape index (κ1) is 22.2. The summed E-state index contributed by atoms with van der Waals surface area (Å²) in [4.78, 5) is 28.7. The van der Waals surface area contributed by atoms with E-state index in [1.807, 2.05) is 18.3 Å². The van der Waals surface area contributed by atoms with E-state index in [4.69, 9.17) is 16.3 Å². The summed E-state index contributed by atoms with van der Waals surface area (Å²) >= 11 is 5.87. The molecule has 7 nitrogen and oxygen atoms in total. The van der Waals surface area contributed by atoms with Crippen LogP contribution in [0.2, 0.25) is 5.02 Å². The molecule has 1 amide bonds. The van der Waals surface area contributed by atoms with E-state index in [2.05, 4.69) is 15.4 Å². The van der Waals surface area contributed by atoms with Gasteiger partial charge in [0.15, 0.2) is 18.2 Å². The zero-order chi connectivity index (χ0) is 23.0. The quantitative estimate of drug-likeness (QED) is 0.373. The van der Waals surface area contributed by atoms with Crippen molar-refractivity contribution in [3.8, 4) is 5.75 Å². The van der Waals surface area contributed by atoms with E-state index >= 15 is 0 Å². The molecule has 2 heterocycles. The summed E-state index contributed by atoms with van der Waals surface area (Å²) < 4.78 is 7.30. The Balaban J connectivity index is 1.25. The predicted molar refractivity (Wildman–Crippen MR) is 126 cm³/mol. The number of aryl methyl sites for hydroxylation is 2. The van der Waals surface area contributed by atoms with E-state index in [0.29, 0.717) is 34.3 Å². The minimum atomic E-state index is -0.323. The smallest absolute Gasteiger partial charge is 0.263 e. The molecule has 0 spiro atoms. The number of aromatic nitrogens is 3. The van der Waals surface area contributed by atoms with Gasteiger partial charge >= 0.3 is 0 Å². The van der Waals surface area contributed by atoms with Crippen LogP contribution in [0, 0.1) is 0 Å². The van der Waals surface area contributed by atoms with E-state index in [0.717, 1.165) is 6.42 Å². The van der Waals surface area contributed by atoms with Crippen LogP contribution in [0.3, 0.4) is 0 Å². The molecule has 0 aliphatic rings. The first-order valence-electron chi connectivity index (χ1n) is 10.3. The van der Waals surface area contributed by atoms with Gasteiger partial charge in [-0.25, -0.2) is 0 Å². The summed E-state index contributed by atoms with van der Waals surface area (Å²) in [5.74, 6) is 0.508. The predicted octanol–water partition coefficient (Wildman–Crippen LogP) is 4.42. The van der Waals surface area contributed by atoms with Crippen LogP contribution in [0.5, 0.6) is 5.75 Å². The SMILES string of the molecule is O=C(COc1ccc(C(=O)c2ccc(Cl)cc2)cc1)Nc1ccn(CCc2ccncc2)n1. The average molecular weight is 461 g/mol. The molecule has 0 saturated carbocycles. The second-order valence-electron chi connectivity index (χ2n) is 7.27. The lowest BCUT2D eigenvalue weighted by molar-refractivity contribution is -0.118. The first-order valence-corrected chi connectivity index (χ1v) is 10.7. The fraction of sp³-hybridized carbons (Fsp3) is 0.120. The highest BCUT2D eigenvalue weighted by Gasteiger charge is 2.10. The number of carbonyl (C=O) groups is 2. The molecule has 0 radical (unpaired) electrons. The molecular formula is C25H21ClN4O3. The summed E-state index contributed by atoms with van der Waals surface area (Å²) in [6.07, 6.45) is 6.15. The van der Waals surface area contributed by atoms with Gasteiger partial charge in [0.1, 0.15) is 5.75 Å². The molecule has 0 bridgehead atoms. The molecule has 0 atom stereocenters. The minimum absolute atomic E-state index is 0.115. The standard InChI is InChI=1S/C25H21ClN4O3/c26-21-5-1-19(2-6-21)25(32)20-3-7-22(8-4-20)33-17-24(31)28-23-12-16-30(29-23)15-11-18-9-13-27-14-10-18/h1-10,12-14,16H,11,15,17H2,(H,28,29,31). The van der Waals surface area contributed by atoms with Gasteiger partial charge in [0.05, 0.1) is 0 Å². The number of hydrogen-bond acceptors (Lipinski definition) is 5. The summed E-state index contributed by atoms with van der Waals surface area (Å²) in [5.41, 5.74) is 2.24. The number of rotatable bonds is 9. The summed E-state index contributed by atoms with van der Waals surface area (Å²) in [6, 6.07) is 19.0. The van der Waals surface area contributed by atoms with Crippen LogP contribution >= 0.6 is 11.6 Å². The number of nitrogens with one attached hydrogen (secondary N) is 1. The third-order valence-electron chi connectivity index (χ3n) is 4.88. The van der Waals surface area contributed by atoms with Crippen LogP contribution in [0.4, 0.5) is 5.82 Å². The molecule has 2 aromatic carbocycles. The fourth-order valence-electron chi connectivity index (χ4n) is 3.14. The maximum atomic E-state index is 12.5. The topological polar surface area (TPSA) is 86.1 Å². The highest BCUT2D eigenvalue weighted by Crippen LogP contribution is 2.17. The number of nitrogens with zero attached hydrogens (tertiary/aromatic N) is 3. The van der Waals surface area contributed by atoms with Crippen LogP contribution < -0.4 is 10.1 Å². The maximum Gasteiger partial charge on any atom is 0.263 e. The van der Waals surface area contributed by atoms with Gasteiger partial charge in [0.2, 0.25) is 0 Å². The highest BCUT2D eigenvalue weighted by atomic mass is 35.5. The van der Waals surface area contributed by atoms with Gasteiger partial charge < -0.3 is 10.1 Å². The number of ketones is 1. The Morgan fingerprint density at radius 2 is 1.58 bits per heavy atom. The zero-order valence-corrected chi connectivity index (χ0v) is 18.4. The Morgan fingerprint density at radius 1 is 0.909 bits per heavy atom. The van der Waals surface area contributed by atoms with E-state index in [1.165, 1.54) is 5.56 Å². The summed E-state index contributed by atoms with van der Waals surface area (Å²) in [6.45, 7) is 0.520. The number of hydrogen-bond donors (Lipinski definition) is 1. The molecular weight excluding hydrogens is 440 g/mol. The number of amides is 1. The largest absolute Gasteiger partial charge is 0.484 e. The molecule has 4 rings (SSSR count). The molecule has 8 heteroatoms. The highest BCUT2D eigenvalue weighted by molar-refractivity contribution is 6.30. The molecule has 0 unspecified atom stereocenters. The lowest BCUT2D eigenvalue weighted by Gasteiger charge is -2.07. The molecule has 0 saturated heterocycles. The molecule has 33 heavy (non-hydrogen) atoms. The number of carbonyl (C=O) groups excluding carboxylic acids is 2. The lowest BCUT2D eigenvalue weighted by atomic mass is 10.0. The van der Waals surface area contributed by atoms with Crippen LogP contribution in [0.25, 0.3) is 0 Å². The molecule has 1 N–H and O–H groups in total. The number of ether oxygens (including phenoxy) is 1. The van der Waals surface area contributed by atoms with Gasteiger partial charge in [-0.3, -0.25) is 19.3 Å². The van der Waals surface area contributed by atoms with Crippen LogP contribution in [-0.2, 0) is 17.8 Å². The van der Waals surface area contributed by atoms with Crippen molar-refractivity contribution in [1.82, 2.24) is 14.8 Å². The Bertz CT molecular complexity index is 1220. The van der Waals surface area contributed by atoms with Crippen molar-refractivity contribution in [3.05, 3.63) is 107 Å². The second-order valence-corrected chi connectivity index (χ2v) is 7.70. The minimum Gasteiger partial charge on any atom is -0.484 e. The number of halogens is 1. The molecule has 2 aromatic heterocycles. The van der Waals surface area contributed by atoms with Gasteiger partial charge in [-0.05, 0) is 72.6 Å². The Labute approximate surface area is 196 Å². The van der Waals surface area contributed by atoms with Gasteiger partial charge in [-0.2, -0.15) is 5.10 Å². The molecule has 0 fully saturated rings. The van der Waals surface area contributed by atoms with Crippen molar-refractivity contribution in [2.45, 2.75) is 13.0 Å². The first-order chi connectivity index (χ1) is 16.1. The normalized spacial score (nSPS) is 10.6. The molecule has 0 aliphatic carbocycles. The van der Waals surface area contributed by atoms with Gasteiger partial charge in [-0.15, -0.1) is 0 Å². The maximum absolute atomic E-state index is 12.5. The van der Waals surface area contributed by atoms with Crippen molar-refractivity contribution in [2.24, 2.45) is 0 Å². The monoisotopic (exact) mass is 460 g/mol. The lowest BCUT2D eigenvalue weighted by Crippen LogP contribution is -2.20. The van der Waals surface area contributed by atoms with E-state index in [1.54, 1.807) is 71.7 Å². The summed E-state index contributed by atoms with van der Waals surface area (Å²) in [5, 5.41) is 7.64. The van der Waals surface area contributed by atoms with E-state index in [9.17, 15) is 9.59 Å². The van der Waals surface area contributed by atoms with Crippen LogP contribution in [0.1, 0.15) is 21.5 Å². The van der Waals surface area contributed by atoms with Gasteiger partial charge in [0, 0.05) is 47.4 Å². The van der Waals surface area contributed by atoms with E-state index in [-0.39, 0.29) is 18.3 Å². The number of anilines is 1. The van der Waals surface area contributed by atoms with E-state index < -0.39 is 0 Å². The third-order valence-corrected chi connectivity index (χ3v) is 5.13. The Kier molecular flexibility index (Phi) is 7.12.